The largest absolute Gasteiger partial charge is 0.524 e. The lowest BCUT2D eigenvalue weighted by atomic mass is 9.94. The molecule has 0 amide bonds. The van der Waals surface area contributed by atoms with Crippen LogP contribution in [0.4, 0.5) is 13.2 Å². The second kappa shape index (κ2) is 30.1. The van der Waals surface area contributed by atoms with Gasteiger partial charge in [0.2, 0.25) is 0 Å². The number of hydrogen-bond donors (Lipinski definition) is 0. The van der Waals surface area contributed by atoms with Gasteiger partial charge in [0.1, 0.15) is 0 Å². The third kappa shape index (κ3) is 17.5. The fourth-order valence-corrected chi connectivity index (χ4v) is 14.7. The Labute approximate surface area is 386 Å². The standard InChI is InChI=1S/C55H87F3O3S2/c1-7-13-19-26-34-46-42-48(36-28-21-15-9-3)53(49(43-46)37-29-22-16-10-4)62(52-40-32-25-33-41-52,61-63(59,60)55(56,57)58)54-50(38-30-23-17-11-5)44-47(35-27-20-14-8-2)45-51(54)39-31-24-18-12-6/h25,32-33,40-45H,7-24,26-31,34-39H2,1-6H3. The summed E-state index contributed by atoms with van der Waals surface area (Å²) in [4.78, 5) is 1.96. The summed E-state index contributed by atoms with van der Waals surface area (Å²) in [6.45, 7) is 13.2. The zero-order valence-corrected chi connectivity index (χ0v) is 42.2. The molecule has 0 aliphatic heterocycles. The van der Waals surface area contributed by atoms with Crippen molar-refractivity contribution in [2.45, 2.75) is 254 Å². The molecule has 0 fully saturated rings. The van der Waals surface area contributed by atoms with Crippen LogP contribution in [-0.4, -0.2) is 13.9 Å². The van der Waals surface area contributed by atoms with Gasteiger partial charge >= 0.3 is 15.6 Å². The minimum atomic E-state index is -6.11. The van der Waals surface area contributed by atoms with E-state index in [1.807, 2.05) is 30.3 Å². The highest BCUT2D eigenvalue weighted by Gasteiger charge is 2.54. The van der Waals surface area contributed by atoms with Gasteiger partial charge in [-0.1, -0.05) is 200 Å². The van der Waals surface area contributed by atoms with Gasteiger partial charge in [-0.15, -0.1) is 0 Å². The number of halogens is 3. The van der Waals surface area contributed by atoms with E-state index >= 15 is 13.2 Å². The summed E-state index contributed by atoms with van der Waals surface area (Å²) in [6, 6.07) is 18.3. The van der Waals surface area contributed by atoms with Crippen LogP contribution in [0.5, 0.6) is 0 Å². The number of unbranched alkanes of at least 4 members (excludes halogenated alkanes) is 18. The maximum absolute atomic E-state index is 15.3. The van der Waals surface area contributed by atoms with Crippen LogP contribution in [0, 0.1) is 0 Å². The van der Waals surface area contributed by atoms with Crippen LogP contribution in [0.15, 0.2) is 69.3 Å². The zero-order valence-electron chi connectivity index (χ0n) is 40.6. The second-order valence-corrected chi connectivity index (χ2v) is 22.5. The Kier molecular flexibility index (Phi) is 26.3. The molecule has 8 heteroatoms. The molecular weight excluding hydrogens is 830 g/mol. The van der Waals surface area contributed by atoms with E-state index in [0.717, 1.165) is 189 Å². The molecule has 3 rings (SSSR count). The van der Waals surface area contributed by atoms with Gasteiger partial charge in [-0.3, -0.25) is 0 Å². The van der Waals surface area contributed by atoms with Crippen LogP contribution >= 0.6 is 10.3 Å². The zero-order chi connectivity index (χ0) is 46.0. The normalized spacial score (nSPS) is 12.7. The Morgan fingerprint density at radius 1 is 0.413 bits per heavy atom. The molecule has 0 aromatic heterocycles. The molecule has 0 aliphatic rings. The predicted octanol–water partition coefficient (Wildman–Crippen LogP) is 18.5. The Bertz CT molecular complexity index is 1650. The molecule has 0 radical (unpaired) electrons. The van der Waals surface area contributed by atoms with Crippen molar-refractivity contribution in [2.24, 2.45) is 0 Å². The summed E-state index contributed by atoms with van der Waals surface area (Å²) in [5.41, 5.74) is 0.679. The summed E-state index contributed by atoms with van der Waals surface area (Å²) in [6.07, 6.45) is 29.3. The molecule has 3 nitrogen and oxygen atoms in total. The number of aryl methyl sites for hydroxylation is 6. The van der Waals surface area contributed by atoms with Gasteiger partial charge in [0, 0.05) is 14.7 Å². The fourth-order valence-electron chi connectivity index (χ4n) is 9.13. The molecule has 0 saturated heterocycles. The summed E-state index contributed by atoms with van der Waals surface area (Å²) >= 11 is 0. The van der Waals surface area contributed by atoms with E-state index in [4.69, 9.17) is 3.63 Å². The first-order valence-corrected chi connectivity index (χ1v) is 28.6. The van der Waals surface area contributed by atoms with E-state index in [-0.39, 0.29) is 0 Å². The van der Waals surface area contributed by atoms with Crippen molar-refractivity contribution in [1.29, 1.82) is 0 Å². The van der Waals surface area contributed by atoms with Gasteiger partial charge in [0.05, 0.1) is 0 Å². The quantitative estimate of drug-likeness (QED) is 0.0436. The molecule has 0 saturated carbocycles. The summed E-state index contributed by atoms with van der Waals surface area (Å²) < 4.78 is 80.8. The van der Waals surface area contributed by atoms with E-state index in [2.05, 4.69) is 65.8 Å². The summed E-state index contributed by atoms with van der Waals surface area (Å²) in [7, 11) is -9.67. The molecule has 0 N–H and O–H groups in total. The van der Waals surface area contributed by atoms with Gasteiger partial charge in [-0.2, -0.15) is 25.2 Å². The maximum atomic E-state index is 15.3. The predicted molar refractivity (Wildman–Crippen MR) is 265 cm³/mol. The van der Waals surface area contributed by atoms with Gasteiger partial charge in [-0.25, -0.2) is 0 Å². The lowest BCUT2D eigenvalue weighted by Gasteiger charge is -2.44. The molecule has 0 bridgehead atoms. The minimum absolute atomic E-state index is 0.526. The highest BCUT2D eigenvalue weighted by molar-refractivity contribution is 8.33. The first kappa shape index (κ1) is 55.0. The molecule has 0 heterocycles. The molecule has 0 spiro atoms. The van der Waals surface area contributed by atoms with Crippen molar-refractivity contribution in [3.63, 3.8) is 0 Å². The summed E-state index contributed by atoms with van der Waals surface area (Å²) in [5, 5.41) is 0. The Morgan fingerprint density at radius 2 is 0.698 bits per heavy atom. The molecule has 3 aromatic rings. The van der Waals surface area contributed by atoms with E-state index in [9.17, 15) is 8.42 Å². The van der Waals surface area contributed by atoms with Gasteiger partial charge in [0.15, 0.2) is 0 Å². The van der Waals surface area contributed by atoms with Gasteiger partial charge in [0.25, 0.3) is 0 Å². The van der Waals surface area contributed by atoms with Crippen LogP contribution in [0.25, 0.3) is 0 Å². The molecule has 0 unspecified atom stereocenters. The SMILES string of the molecule is CCCCCCc1cc(CCCCCC)c(S(OS(=O)(=O)C(F)(F)F)(c2ccccc2)c2c(CCCCCC)cc(CCCCCC)cc2CCCCCC)c(CCCCCC)c1. The average Bonchev–Trinajstić information content (AvgIpc) is 3.26. The van der Waals surface area contributed by atoms with E-state index in [0.29, 0.717) is 40.4 Å². The van der Waals surface area contributed by atoms with Crippen LogP contribution < -0.4 is 0 Å². The summed E-state index contributed by atoms with van der Waals surface area (Å²) in [5.74, 6) is 0. The fraction of sp³-hybridized carbons (Fsp3) is 0.673. The van der Waals surface area contributed by atoms with E-state index in [1.54, 1.807) is 0 Å². The molecule has 3 aromatic carbocycles. The van der Waals surface area contributed by atoms with Crippen LogP contribution in [0.2, 0.25) is 0 Å². The number of benzene rings is 3. The molecule has 63 heavy (non-hydrogen) atoms. The van der Waals surface area contributed by atoms with Crippen LogP contribution in [-0.2, 0) is 52.3 Å². The lowest BCUT2D eigenvalue weighted by Crippen LogP contribution is -2.29. The number of alkyl halides is 3. The van der Waals surface area contributed by atoms with Crippen LogP contribution in [0.3, 0.4) is 0 Å². The molecule has 0 aliphatic carbocycles. The Balaban J connectivity index is 2.70. The smallest absolute Gasteiger partial charge is 0.200 e. The molecular formula is C55H87F3O3S2. The third-order valence-electron chi connectivity index (χ3n) is 12.6. The van der Waals surface area contributed by atoms with Crippen LogP contribution in [0.1, 0.15) is 229 Å². The topological polar surface area (TPSA) is 43.4 Å². The van der Waals surface area contributed by atoms with Crippen molar-refractivity contribution in [2.75, 3.05) is 0 Å². The second-order valence-electron chi connectivity index (χ2n) is 18.2. The Morgan fingerprint density at radius 3 is 0.968 bits per heavy atom. The Hall–Kier alpha value is -2.29. The monoisotopic (exact) mass is 917 g/mol. The third-order valence-corrected chi connectivity index (χ3v) is 17.8. The van der Waals surface area contributed by atoms with Crippen molar-refractivity contribution in [3.05, 3.63) is 88.0 Å². The van der Waals surface area contributed by atoms with Gasteiger partial charge < -0.3 is 0 Å². The highest BCUT2D eigenvalue weighted by Crippen LogP contribution is 2.74. The maximum Gasteiger partial charge on any atom is 0.524 e. The highest BCUT2D eigenvalue weighted by atomic mass is 32.3. The number of rotatable bonds is 35. The minimum Gasteiger partial charge on any atom is -0.200 e. The van der Waals surface area contributed by atoms with E-state index < -0.39 is 25.9 Å². The van der Waals surface area contributed by atoms with Crippen molar-refractivity contribution in [1.82, 2.24) is 0 Å². The molecule has 358 valence electrons. The lowest BCUT2D eigenvalue weighted by molar-refractivity contribution is -0.0496. The van der Waals surface area contributed by atoms with E-state index in [1.165, 1.54) is 11.1 Å². The first-order valence-electron chi connectivity index (χ1n) is 25.6. The van der Waals surface area contributed by atoms with Gasteiger partial charge in [-0.05, 0) is 133 Å². The molecule has 0 atom stereocenters. The van der Waals surface area contributed by atoms with Crippen molar-refractivity contribution < 1.29 is 25.2 Å². The van der Waals surface area contributed by atoms with Crippen molar-refractivity contribution in [3.8, 4) is 0 Å². The van der Waals surface area contributed by atoms with Crippen molar-refractivity contribution >= 4 is 20.4 Å². The average molecular weight is 917 g/mol. The first-order chi connectivity index (χ1) is 30.4. The number of hydrogen-bond acceptors (Lipinski definition) is 3.